The second-order valence-corrected chi connectivity index (χ2v) is 10.4. The first-order valence-corrected chi connectivity index (χ1v) is 11.2. The minimum absolute atomic E-state index is 0.0361. The van der Waals surface area contributed by atoms with Crippen molar-refractivity contribution in [2.24, 2.45) is 11.1 Å². The van der Waals surface area contributed by atoms with Gasteiger partial charge in [-0.15, -0.1) is 0 Å². The summed E-state index contributed by atoms with van der Waals surface area (Å²) < 4.78 is 0.843. The first-order chi connectivity index (χ1) is 14.6. The summed E-state index contributed by atoms with van der Waals surface area (Å²) >= 11 is 4.45. The molecule has 2 N–H and O–H groups in total. The quantitative estimate of drug-likeness (QED) is 0.449. The van der Waals surface area contributed by atoms with Crippen LogP contribution >= 0.6 is 27.3 Å². The van der Waals surface area contributed by atoms with Crippen molar-refractivity contribution in [1.82, 2.24) is 0 Å². The zero-order valence-corrected chi connectivity index (χ0v) is 19.3. The van der Waals surface area contributed by atoms with Crippen molar-refractivity contribution in [3.8, 4) is 6.07 Å². The molecule has 1 atom stereocenters. The van der Waals surface area contributed by atoms with E-state index < -0.39 is 10.8 Å². The fourth-order valence-corrected chi connectivity index (χ4v) is 5.63. The van der Waals surface area contributed by atoms with Crippen molar-refractivity contribution in [3.05, 3.63) is 78.5 Å². The highest BCUT2D eigenvalue weighted by atomic mass is 79.9. The average molecular weight is 499 g/mol. The molecule has 7 nitrogen and oxygen atoms in total. The van der Waals surface area contributed by atoms with E-state index >= 15 is 0 Å². The molecule has 158 valence electrons. The Morgan fingerprint density at radius 3 is 2.68 bits per heavy atom. The Morgan fingerprint density at radius 1 is 1.32 bits per heavy atom. The fraction of sp³-hybridized carbons (Fsp3) is 0.273. The maximum absolute atomic E-state index is 13.4. The van der Waals surface area contributed by atoms with E-state index in [1.54, 1.807) is 11.0 Å². The van der Waals surface area contributed by atoms with Crippen LogP contribution in [0.1, 0.15) is 37.5 Å². The summed E-state index contributed by atoms with van der Waals surface area (Å²) in [5, 5.41) is 21.2. The van der Waals surface area contributed by atoms with Crippen LogP contribution in [0.3, 0.4) is 0 Å². The molecule has 1 aliphatic carbocycles. The van der Waals surface area contributed by atoms with Gasteiger partial charge < -0.3 is 5.73 Å². The topological polar surface area (TPSA) is 113 Å². The van der Waals surface area contributed by atoms with Gasteiger partial charge in [0.25, 0.3) is 0 Å². The number of carbonyl (C=O) groups is 1. The summed E-state index contributed by atoms with van der Waals surface area (Å²) in [6.45, 7) is 4.05. The number of allylic oxidation sites excluding steroid dienone is 3. The number of ketones is 1. The molecule has 4 rings (SSSR count). The van der Waals surface area contributed by atoms with Gasteiger partial charge >= 0.3 is 5.00 Å². The summed E-state index contributed by atoms with van der Waals surface area (Å²) in [4.78, 5) is 26.5. The van der Waals surface area contributed by atoms with E-state index in [1.807, 2.05) is 38.1 Å². The molecule has 9 heteroatoms. The number of Topliss-reactive ketones (excluding diaryl/α,β-unsaturated/α-hetero) is 1. The molecule has 0 radical (unpaired) electrons. The van der Waals surface area contributed by atoms with Crippen molar-refractivity contribution in [1.29, 1.82) is 5.26 Å². The molecule has 1 aliphatic heterocycles. The number of rotatable bonds is 3. The zero-order chi connectivity index (χ0) is 22.5. The van der Waals surface area contributed by atoms with Crippen molar-refractivity contribution < 1.29 is 9.72 Å². The number of nitrogens with zero attached hydrogens (tertiary/aromatic N) is 3. The molecule has 2 aliphatic rings. The molecule has 0 bridgehead atoms. The van der Waals surface area contributed by atoms with Crippen molar-refractivity contribution in [2.45, 2.75) is 32.6 Å². The van der Waals surface area contributed by atoms with Crippen LogP contribution in [0.15, 0.2) is 63.5 Å². The van der Waals surface area contributed by atoms with Crippen molar-refractivity contribution in [2.75, 3.05) is 4.90 Å². The summed E-state index contributed by atoms with van der Waals surface area (Å²) in [7, 11) is 0. The van der Waals surface area contributed by atoms with Gasteiger partial charge in [-0.05, 0) is 36.1 Å². The van der Waals surface area contributed by atoms with Crippen LogP contribution in [0, 0.1) is 26.9 Å². The number of nitriles is 1. The third kappa shape index (κ3) is 3.66. The molecule has 0 saturated carbocycles. The van der Waals surface area contributed by atoms with Gasteiger partial charge in [-0.2, -0.15) is 5.26 Å². The van der Waals surface area contributed by atoms with E-state index in [-0.39, 0.29) is 27.6 Å². The largest absolute Gasteiger partial charge is 0.384 e. The standard InChI is InChI=1S/C22H19BrN4O3S/c1-22(2)9-15-20(16(28)10-22)19(17-6-7-18(31-17)27(29)30)14(11-24)21(25)26(15)13-5-3-4-12(23)8-13/h3-8,19H,9-10,25H2,1-2H3/t19-/m1/s1. The lowest BCUT2D eigenvalue weighted by atomic mass is 9.69. The lowest BCUT2D eigenvalue weighted by Crippen LogP contribution is -2.42. The summed E-state index contributed by atoms with van der Waals surface area (Å²) in [6.07, 6.45) is 0.921. The number of thiophene rings is 1. The van der Waals surface area contributed by atoms with Gasteiger partial charge in [0.05, 0.1) is 22.5 Å². The van der Waals surface area contributed by atoms with E-state index in [0.717, 1.165) is 27.2 Å². The second-order valence-electron chi connectivity index (χ2n) is 8.39. The van der Waals surface area contributed by atoms with Gasteiger partial charge in [-0.3, -0.25) is 19.8 Å². The highest BCUT2D eigenvalue weighted by molar-refractivity contribution is 9.10. The predicted octanol–water partition coefficient (Wildman–Crippen LogP) is 5.36. The number of hydrogen-bond donors (Lipinski definition) is 1. The Kier molecular flexibility index (Phi) is 5.23. The molecule has 31 heavy (non-hydrogen) atoms. The zero-order valence-electron chi connectivity index (χ0n) is 16.9. The summed E-state index contributed by atoms with van der Waals surface area (Å²) in [5.41, 5.74) is 8.48. The van der Waals surface area contributed by atoms with Crippen molar-refractivity contribution >= 4 is 43.7 Å². The molecule has 1 aromatic carbocycles. The monoisotopic (exact) mass is 498 g/mol. The SMILES string of the molecule is CC1(C)CC(=O)C2=C(C1)N(c1cccc(Br)c1)C(N)=C(C#N)[C@@H]2c1ccc([N+](=O)[O-])s1. The van der Waals surface area contributed by atoms with E-state index in [4.69, 9.17) is 5.73 Å². The number of carbonyl (C=O) groups excluding carboxylic acids is 1. The molecular formula is C22H19BrN4O3S. The number of nitrogens with two attached hydrogens (primary N) is 1. The Labute approximate surface area is 191 Å². The van der Waals surface area contributed by atoms with E-state index in [2.05, 4.69) is 22.0 Å². The first kappa shape index (κ1) is 21.3. The van der Waals surface area contributed by atoms with Gasteiger partial charge in [-0.1, -0.05) is 47.2 Å². The van der Waals surface area contributed by atoms with Crippen LogP contribution in [0.5, 0.6) is 0 Å². The number of nitro groups is 1. The highest BCUT2D eigenvalue weighted by Crippen LogP contribution is 2.51. The van der Waals surface area contributed by atoms with Crippen LogP contribution < -0.4 is 10.6 Å². The molecule has 1 aromatic heterocycles. The molecule has 0 unspecified atom stereocenters. The van der Waals surface area contributed by atoms with Crippen molar-refractivity contribution in [3.63, 3.8) is 0 Å². The lowest BCUT2D eigenvalue weighted by molar-refractivity contribution is -0.380. The predicted molar refractivity (Wildman–Crippen MR) is 122 cm³/mol. The fourth-order valence-electron chi connectivity index (χ4n) is 4.30. The van der Waals surface area contributed by atoms with Crippen LogP contribution in [0.2, 0.25) is 0 Å². The molecule has 0 fully saturated rings. The third-order valence-corrected chi connectivity index (χ3v) is 7.12. The Balaban J connectivity index is 1.99. The van der Waals surface area contributed by atoms with Crippen LogP contribution in [0.4, 0.5) is 10.7 Å². The third-order valence-electron chi connectivity index (χ3n) is 5.52. The Bertz CT molecular complexity index is 1220. The van der Waals surface area contributed by atoms with Gasteiger partial charge in [-0.25, -0.2) is 0 Å². The lowest BCUT2D eigenvalue weighted by Gasteiger charge is -2.43. The van der Waals surface area contributed by atoms with Gasteiger partial charge in [0, 0.05) is 38.8 Å². The number of halogens is 1. The minimum Gasteiger partial charge on any atom is -0.384 e. The number of benzene rings is 1. The molecular weight excluding hydrogens is 480 g/mol. The second kappa shape index (κ2) is 7.62. The summed E-state index contributed by atoms with van der Waals surface area (Å²) in [6, 6.07) is 12.7. The number of anilines is 1. The van der Waals surface area contributed by atoms with E-state index in [9.17, 15) is 20.2 Å². The smallest absolute Gasteiger partial charge is 0.324 e. The molecule has 0 saturated heterocycles. The van der Waals surface area contributed by atoms with Crippen LogP contribution in [-0.4, -0.2) is 10.7 Å². The highest BCUT2D eigenvalue weighted by Gasteiger charge is 2.45. The first-order valence-electron chi connectivity index (χ1n) is 9.59. The molecule has 0 spiro atoms. The maximum atomic E-state index is 13.4. The Morgan fingerprint density at radius 2 is 2.06 bits per heavy atom. The van der Waals surface area contributed by atoms with Gasteiger partial charge in [0.2, 0.25) is 0 Å². The van der Waals surface area contributed by atoms with Crippen LogP contribution in [-0.2, 0) is 4.79 Å². The average Bonchev–Trinajstić information content (AvgIpc) is 3.16. The minimum atomic E-state index is -0.703. The van der Waals surface area contributed by atoms with Gasteiger partial charge in [0.1, 0.15) is 5.82 Å². The van der Waals surface area contributed by atoms with E-state index in [0.29, 0.717) is 23.3 Å². The van der Waals surface area contributed by atoms with Crippen LogP contribution in [0.25, 0.3) is 0 Å². The Hall–Kier alpha value is -2.96. The van der Waals surface area contributed by atoms with Gasteiger partial charge in [0.15, 0.2) is 5.78 Å². The molecule has 2 aromatic rings. The molecule has 0 amide bonds. The normalized spacial score (nSPS) is 20.5. The molecule has 2 heterocycles. The summed E-state index contributed by atoms with van der Waals surface area (Å²) in [5.74, 6) is -0.524. The number of hydrogen-bond acceptors (Lipinski definition) is 7. The maximum Gasteiger partial charge on any atom is 0.324 e. The van der Waals surface area contributed by atoms with E-state index in [1.165, 1.54) is 6.07 Å².